The molecule has 0 radical (unpaired) electrons. The van der Waals surface area contributed by atoms with E-state index in [0.29, 0.717) is 6.42 Å². The van der Waals surface area contributed by atoms with Crippen molar-refractivity contribution >= 4 is 23.3 Å². The van der Waals surface area contributed by atoms with Crippen LogP contribution in [0.25, 0.3) is 0 Å². The Kier molecular flexibility index (Phi) is 5.86. The molecule has 2 aromatic rings. The zero-order valence-corrected chi connectivity index (χ0v) is 15.0. The lowest BCUT2D eigenvalue weighted by Gasteiger charge is -2.27. The van der Waals surface area contributed by atoms with Crippen LogP contribution in [-0.4, -0.2) is 36.2 Å². The molecule has 140 valence electrons. The first-order chi connectivity index (χ1) is 13.1. The number of hydrogen-bond donors (Lipinski definition) is 2. The Hall–Kier alpha value is -3.15. The van der Waals surface area contributed by atoms with Gasteiger partial charge in [0.2, 0.25) is 11.7 Å². The molecule has 1 heterocycles. The molecule has 3 rings (SSSR count). The molecule has 1 aliphatic heterocycles. The van der Waals surface area contributed by atoms with Gasteiger partial charge in [-0.3, -0.25) is 14.4 Å². The van der Waals surface area contributed by atoms with Crippen molar-refractivity contribution < 1.29 is 14.4 Å². The second-order valence-electron chi connectivity index (χ2n) is 6.67. The Morgan fingerprint density at radius 3 is 2.30 bits per heavy atom. The summed E-state index contributed by atoms with van der Waals surface area (Å²) < 4.78 is 0. The van der Waals surface area contributed by atoms with E-state index in [0.717, 1.165) is 24.2 Å². The first-order valence-electron chi connectivity index (χ1n) is 9.06. The molecule has 0 aromatic heterocycles. The minimum absolute atomic E-state index is 0.229. The number of ketones is 1. The highest BCUT2D eigenvalue weighted by atomic mass is 16.2. The van der Waals surface area contributed by atoms with E-state index in [4.69, 9.17) is 5.73 Å². The van der Waals surface area contributed by atoms with Gasteiger partial charge in [-0.1, -0.05) is 48.5 Å². The van der Waals surface area contributed by atoms with Gasteiger partial charge in [0, 0.05) is 18.7 Å². The van der Waals surface area contributed by atoms with Crippen LogP contribution in [0.3, 0.4) is 0 Å². The number of hydrogen-bond acceptors (Lipinski definition) is 4. The molecule has 0 saturated carbocycles. The van der Waals surface area contributed by atoms with E-state index in [1.165, 1.54) is 0 Å². The summed E-state index contributed by atoms with van der Waals surface area (Å²) in [5.41, 5.74) is 7.01. The average molecular weight is 365 g/mol. The van der Waals surface area contributed by atoms with Crippen LogP contribution < -0.4 is 16.0 Å². The number of primary amides is 1. The molecule has 1 saturated heterocycles. The molecule has 27 heavy (non-hydrogen) atoms. The van der Waals surface area contributed by atoms with Crippen molar-refractivity contribution in [3.8, 4) is 0 Å². The molecule has 0 spiro atoms. The summed E-state index contributed by atoms with van der Waals surface area (Å²) in [6, 6.07) is 17.6. The smallest absolute Gasteiger partial charge is 0.287 e. The Labute approximate surface area is 158 Å². The lowest BCUT2D eigenvalue weighted by atomic mass is 10.0. The number of amides is 2. The van der Waals surface area contributed by atoms with Crippen molar-refractivity contribution in [3.05, 3.63) is 66.2 Å². The Morgan fingerprint density at radius 1 is 1.04 bits per heavy atom. The third-order valence-electron chi connectivity index (χ3n) is 4.80. The van der Waals surface area contributed by atoms with Crippen molar-refractivity contribution in [3.63, 3.8) is 0 Å². The predicted octanol–water partition coefficient (Wildman–Crippen LogP) is 1.44. The summed E-state index contributed by atoms with van der Waals surface area (Å²) in [6.45, 7) is 0.773. The fourth-order valence-corrected chi connectivity index (χ4v) is 3.47. The zero-order valence-electron chi connectivity index (χ0n) is 15.0. The maximum absolute atomic E-state index is 12.9. The molecular formula is C21H23N3O3. The lowest BCUT2D eigenvalue weighted by molar-refractivity contribution is -0.138. The second kappa shape index (κ2) is 8.49. The van der Waals surface area contributed by atoms with Crippen LogP contribution in [0, 0.1) is 0 Å². The first kappa shape index (κ1) is 18.6. The third-order valence-corrected chi connectivity index (χ3v) is 4.80. The van der Waals surface area contributed by atoms with Crippen LogP contribution in [0.2, 0.25) is 0 Å². The maximum atomic E-state index is 12.9. The number of nitrogens with one attached hydrogen (secondary N) is 1. The summed E-state index contributed by atoms with van der Waals surface area (Å²) in [4.78, 5) is 38.6. The van der Waals surface area contributed by atoms with Gasteiger partial charge in [0.15, 0.2) is 0 Å². The van der Waals surface area contributed by atoms with Crippen LogP contribution in [0.5, 0.6) is 0 Å². The van der Waals surface area contributed by atoms with Gasteiger partial charge in [-0.05, 0) is 30.5 Å². The fourth-order valence-electron chi connectivity index (χ4n) is 3.47. The molecule has 0 aliphatic carbocycles. The van der Waals surface area contributed by atoms with Crippen molar-refractivity contribution in [2.45, 2.75) is 31.3 Å². The average Bonchev–Trinajstić information content (AvgIpc) is 3.18. The molecule has 2 amide bonds. The molecule has 1 aliphatic rings. The monoisotopic (exact) mass is 365 g/mol. The highest BCUT2D eigenvalue weighted by Gasteiger charge is 2.34. The highest BCUT2D eigenvalue weighted by Crippen LogP contribution is 2.25. The molecular weight excluding hydrogens is 342 g/mol. The molecule has 6 nitrogen and oxygen atoms in total. The molecule has 1 fully saturated rings. The molecule has 3 N–H and O–H groups in total. The number of benzene rings is 2. The van der Waals surface area contributed by atoms with Gasteiger partial charge in [0.25, 0.3) is 5.91 Å². The lowest BCUT2D eigenvalue weighted by Crippen LogP contribution is -2.52. The molecule has 0 bridgehead atoms. The van der Waals surface area contributed by atoms with Crippen molar-refractivity contribution in [1.29, 1.82) is 0 Å². The molecule has 2 unspecified atom stereocenters. The van der Waals surface area contributed by atoms with Crippen LogP contribution in [0.15, 0.2) is 60.7 Å². The number of para-hydroxylation sites is 1. The largest absolute Gasteiger partial charge is 0.363 e. The normalized spacial score (nSPS) is 17.3. The third kappa shape index (κ3) is 4.53. The highest BCUT2D eigenvalue weighted by molar-refractivity contribution is 6.37. The second-order valence-corrected chi connectivity index (χ2v) is 6.67. The van der Waals surface area contributed by atoms with Gasteiger partial charge >= 0.3 is 0 Å². The Balaban J connectivity index is 1.75. The summed E-state index contributed by atoms with van der Waals surface area (Å²) in [5, 5.41) is 2.76. The zero-order chi connectivity index (χ0) is 19.2. The van der Waals surface area contributed by atoms with Crippen molar-refractivity contribution in [2.75, 3.05) is 11.4 Å². The van der Waals surface area contributed by atoms with E-state index in [1.54, 1.807) is 0 Å². The van der Waals surface area contributed by atoms with Gasteiger partial charge in [0.05, 0.1) is 0 Å². The first-order valence-corrected chi connectivity index (χ1v) is 9.06. The Morgan fingerprint density at radius 2 is 1.67 bits per heavy atom. The van der Waals surface area contributed by atoms with E-state index in [2.05, 4.69) is 5.32 Å². The van der Waals surface area contributed by atoms with Gasteiger partial charge in [-0.2, -0.15) is 0 Å². The van der Waals surface area contributed by atoms with E-state index in [9.17, 15) is 14.4 Å². The van der Waals surface area contributed by atoms with E-state index in [1.807, 2.05) is 65.6 Å². The van der Waals surface area contributed by atoms with Crippen LogP contribution in [-0.2, 0) is 20.8 Å². The maximum Gasteiger partial charge on any atom is 0.287 e. The van der Waals surface area contributed by atoms with Gasteiger partial charge < -0.3 is 16.0 Å². The predicted molar refractivity (Wildman–Crippen MR) is 103 cm³/mol. The number of carbonyl (C=O) groups excluding carboxylic acids is 3. The van der Waals surface area contributed by atoms with E-state index in [-0.39, 0.29) is 18.4 Å². The van der Waals surface area contributed by atoms with Gasteiger partial charge in [-0.15, -0.1) is 0 Å². The number of anilines is 1. The summed E-state index contributed by atoms with van der Waals surface area (Å²) in [6.07, 6.45) is 1.82. The summed E-state index contributed by atoms with van der Waals surface area (Å²) >= 11 is 0. The SMILES string of the molecule is NC(=O)C(=O)C(Cc1ccccc1)NC(=O)C1CCCN1c1ccccc1. The summed E-state index contributed by atoms with van der Waals surface area (Å²) in [5.74, 6) is -2.08. The Bertz CT molecular complexity index is 808. The van der Waals surface area contributed by atoms with Crippen molar-refractivity contribution in [1.82, 2.24) is 5.32 Å². The van der Waals surface area contributed by atoms with Crippen LogP contribution >= 0.6 is 0 Å². The van der Waals surface area contributed by atoms with Gasteiger partial charge in [-0.25, -0.2) is 0 Å². The van der Waals surface area contributed by atoms with Gasteiger partial charge in [0.1, 0.15) is 12.1 Å². The molecule has 2 aromatic carbocycles. The minimum atomic E-state index is -1.04. The number of nitrogens with zero attached hydrogens (tertiary/aromatic N) is 1. The standard InChI is InChI=1S/C21H23N3O3/c22-20(26)19(25)17(14-15-8-3-1-4-9-15)23-21(27)18-12-7-13-24(18)16-10-5-2-6-11-16/h1-6,8-11,17-18H,7,12-14H2,(H2,22,26)(H,23,27). The number of nitrogens with two attached hydrogens (primary N) is 1. The summed E-state index contributed by atoms with van der Waals surface area (Å²) in [7, 11) is 0. The number of rotatable bonds is 7. The minimum Gasteiger partial charge on any atom is -0.363 e. The molecule has 2 atom stereocenters. The van der Waals surface area contributed by atoms with E-state index >= 15 is 0 Å². The van der Waals surface area contributed by atoms with Crippen LogP contribution in [0.1, 0.15) is 18.4 Å². The van der Waals surface area contributed by atoms with Crippen molar-refractivity contribution in [2.24, 2.45) is 5.73 Å². The molecule has 6 heteroatoms. The number of Topliss-reactive ketones (excluding diaryl/α,β-unsaturated/α-hetero) is 1. The fraction of sp³-hybridized carbons (Fsp3) is 0.286. The van der Waals surface area contributed by atoms with Crippen LogP contribution in [0.4, 0.5) is 5.69 Å². The van der Waals surface area contributed by atoms with E-state index < -0.39 is 17.7 Å². The topological polar surface area (TPSA) is 92.5 Å². The quantitative estimate of drug-likeness (QED) is 0.726. The number of carbonyl (C=O) groups is 3.